The molecule has 16 heavy (non-hydrogen) atoms. The summed E-state index contributed by atoms with van der Waals surface area (Å²) in [6.07, 6.45) is 5.09. The van der Waals surface area contributed by atoms with Crippen LogP contribution in [-0.4, -0.2) is 13.1 Å². The number of hydrogen-bond acceptors (Lipinski definition) is 1. The average Bonchev–Trinajstić information content (AvgIpc) is 2.52. The van der Waals surface area contributed by atoms with Gasteiger partial charge >= 0.3 is 0 Å². The molecule has 1 saturated heterocycles. The van der Waals surface area contributed by atoms with Gasteiger partial charge in [-0.1, -0.05) is 17.7 Å². The van der Waals surface area contributed by atoms with Crippen LogP contribution in [-0.2, 0) is 0 Å². The van der Waals surface area contributed by atoms with Gasteiger partial charge in [0.1, 0.15) is 0 Å². The second-order valence-electron chi connectivity index (χ2n) is 4.08. The van der Waals surface area contributed by atoms with Crippen LogP contribution in [0.2, 0.25) is 0 Å². The molecule has 0 bridgehead atoms. The first-order chi connectivity index (χ1) is 7.75. The van der Waals surface area contributed by atoms with E-state index in [1.54, 1.807) is 6.07 Å². The number of hydrogen-bond donors (Lipinski definition) is 1. The molecule has 1 nitrogen and oxygen atoms in total. The van der Waals surface area contributed by atoms with E-state index in [4.69, 9.17) is 0 Å². The normalized spacial score (nSPS) is 19.8. The molecule has 0 saturated carbocycles. The van der Waals surface area contributed by atoms with Crippen LogP contribution < -0.4 is 5.32 Å². The van der Waals surface area contributed by atoms with Crippen molar-refractivity contribution >= 4 is 6.08 Å². The smallest absolute Gasteiger partial charge is 0.159 e. The lowest BCUT2D eigenvalue weighted by atomic mass is 10.0. The fraction of sp³-hybridized carbons (Fsp3) is 0.385. The maximum absolute atomic E-state index is 13.0. The van der Waals surface area contributed by atoms with Gasteiger partial charge in [0.05, 0.1) is 0 Å². The van der Waals surface area contributed by atoms with Crippen molar-refractivity contribution in [2.24, 2.45) is 0 Å². The summed E-state index contributed by atoms with van der Waals surface area (Å²) in [4.78, 5) is 0. The molecule has 2 rings (SSSR count). The Balaban J connectivity index is 2.17. The van der Waals surface area contributed by atoms with Crippen LogP contribution >= 0.6 is 0 Å². The van der Waals surface area contributed by atoms with Crippen molar-refractivity contribution in [3.63, 3.8) is 0 Å². The van der Waals surface area contributed by atoms with E-state index in [9.17, 15) is 8.78 Å². The molecule has 0 amide bonds. The highest BCUT2D eigenvalue weighted by Gasteiger charge is 2.05. The van der Waals surface area contributed by atoms with E-state index in [2.05, 4.69) is 5.32 Å². The first-order valence-corrected chi connectivity index (χ1v) is 5.61. The van der Waals surface area contributed by atoms with E-state index >= 15 is 0 Å². The van der Waals surface area contributed by atoms with Crippen molar-refractivity contribution in [2.45, 2.75) is 19.3 Å². The lowest BCUT2D eigenvalue weighted by Crippen LogP contribution is -2.13. The Kier molecular flexibility index (Phi) is 3.67. The molecule has 1 aromatic carbocycles. The molecule has 0 atom stereocenters. The van der Waals surface area contributed by atoms with Gasteiger partial charge in [-0.3, -0.25) is 0 Å². The van der Waals surface area contributed by atoms with Crippen molar-refractivity contribution in [3.8, 4) is 0 Å². The third-order valence-electron chi connectivity index (χ3n) is 2.79. The van der Waals surface area contributed by atoms with Crippen molar-refractivity contribution in [1.82, 2.24) is 5.32 Å². The van der Waals surface area contributed by atoms with Crippen LogP contribution in [0.15, 0.2) is 23.8 Å². The molecular weight excluding hydrogens is 208 g/mol. The molecule has 86 valence electrons. The van der Waals surface area contributed by atoms with Gasteiger partial charge in [0.25, 0.3) is 0 Å². The molecule has 1 aliphatic rings. The van der Waals surface area contributed by atoms with Gasteiger partial charge in [0.15, 0.2) is 11.6 Å². The predicted molar refractivity (Wildman–Crippen MR) is 61.1 cm³/mol. The van der Waals surface area contributed by atoms with E-state index in [0.29, 0.717) is 0 Å². The van der Waals surface area contributed by atoms with Crippen LogP contribution in [0.5, 0.6) is 0 Å². The fourth-order valence-electron chi connectivity index (χ4n) is 1.92. The Morgan fingerprint density at radius 1 is 1.06 bits per heavy atom. The van der Waals surface area contributed by atoms with Crippen molar-refractivity contribution < 1.29 is 8.78 Å². The minimum Gasteiger partial charge on any atom is -0.316 e. The summed E-state index contributed by atoms with van der Waals surface area (Å²) < 4.78 is 25.7. The summed E-state index contributed by atoms with van der Waals surface area (Å²) in [5.74, 6) is -1.56. The van der Waals surface area contributed by atoms with Crippen molar-refractivity contribution in [1.29, 1.82) is 0 Å². The van der Waals surface area contributed by atoms with E-state index in [1.807, 2.05) is 6.08 Å². The third-order valence-corrected chi connectivity index (χ3v) is 2.79. The Morgan fingerprint density at radius 2 is 1.94 bits per heavy atom. The van der Waals surface area contributed by atoms with E-state index < -0.39 is 11.6 Å². The summed E-state index contributed by atoms with van der Waals surface area (Å²) >= 11 is 0. The second-order valence-corrected chi connectivity index (χ2v) is 4.08. The number of rotatable bonds is 1. The maximum atomic E-state index is 13.0. The zero-order valence-corrected chi connectivity index (χ0v) is 9.10. The van der Waals surface area contributed by atoms with Crippen LogP contribution in [0.3, 0.4) is 0 Å². The Hall–Kier alpha value is -1.22. The SMILES string of the molecule is Fc1ccc(/C=C2/CCCNCC2)cc1F. The van der Waals surface area contributed by atoms with Crippen LogP contribution in [0.4, 0.5) is 8.78 Å². The summed E-state index contributed by atoms with van der Waals surface area (Å²) in [5, 5.41) is 3.31. The Bertz CT molecular complexity index is 389. The number of halogens is 2. The van der Waals surface area contributed by atoms with Gasteiger partial charge < -0.3 is 5.32 Å². The number of nitrogens with one attached hydrogen (secondary N) is 1. The summed E-state index contributed by atoms with van der Waals surface area (Å²) in [5.41, 5.74) is 2.05. The van der Waals surface area contributed by atoms with E-state index in [1.165, 1.54) is 17.7 Å². The van der Waals surface area contributed by atoms with E-state index in [-0.39, 0.29) is 0 Å². The molecule has 1 N–H and O–H groups in total. The predicted octanol–water partition coefficient (Wildman–Crippen LogP) is 3.12. The zero-order valence-electron chi connectivity index (χ0n) is 9.10. The van der Waals surface area contributed by atoms with Gasteiger partial charge in [-0.15, -0.1) is 0 Å². The minimum atomic E-state index is -0.787. The summed E-state index contributed by atoms with van der Waals surface area (Å²) in [7, 11) is 0. The van der Waals surface area contributed by atoms with Gasteiger partial charge in [0, 0.05) is 0 Å². The summed E-state index contributed by atoms with van der Waals surface area (Å²) in [6.45, 7) is 2.00. The van der Waals surface area contributed by atoms with Crippen LogP contribution in [0.25, 0.3) is 6.08 Å². The lowest BCUT2D eigenvalue weighted by molar-refractivity contribution is 0.508. The third kappa shape index (κ3) is 2.89. The molecule has 0 radical (unpaired) electrons. The van der Waals surface area contributed by atoms with Gasteiger partial charge in [-0.2, -0.15) is 0 Å². The van der Waals surface area contributed by atoms with Crippen LogP contribution in [0, 0.1) is 11.6 Å². The largest absolute Gasteiger partial charge is 0.316 e. The van der Waals surface area contributed by atoms with Crippen LogP contribution in [0.1, 0.15) is 24.8 Å². The first kappa shape index (κ1) is 11.3. The van der Waals surface area contributed by atoms with E-state index in [0.717, 1.165) is 37.9 Å². The quantitative estimate of drug-likeness (QED) is 0.771. The van der Waals surface area contributed by atoms with Gasteiger partial charge in [-0.25, -0.2) is 8.78 Å². The van der Waals surface area contributed by atoms with Crippen molar-refractivity contribution in [2.75, 3.05) is 13.1 Å². The fourth-order valence-corrected chi connectivity index (χ4v) is 1.92. The highest BCUT2D eigenvalue weighted by Crippen LogP contribution is 2.18. The zero-order chi connectivity index (χ0) is 11.4. The molecule has 0 unspecified atom stereocenters. The lowest BCUT2D eigenvalue weighted by Gasteiger charge is -2.02. The monoisotopic (exact) mass is 223 g/mol. The first-order valence-electron chi connectivity index (χ1n) is 5.61. The van der Waals surface area contributed by atoms with Gasteiger partial charge in [-0.05, 0) is 50.0 Å². The molecule has 0 spiro atoms. The molecule has 1 aliphatic heterocycles. The number of benzene rings is 1. The maximum Gasteiger partial charge on any atom is 0.159 e. The highest BCUT2D eigenvalue weighted by atomic mass is 19.2. The second kappa shape index (κ2) is 5.21. The highest BCUT2D eigenvalue weighted by molar-refractivity contribution is 5.53. The summed E-state index contributed by atoms with van der Waals surface area (Å²) in [6, 6.07) is 4.04. The topological polar surface area (TPSA) is 12.0 Å². The molecule has 0 aromatic heterocycles. The minimum absolute atomic E-state index is 0.746. The average molecular weight is 223 g/mol. The Morgan fingerprint density at radius 3 is 2.75 bits per heavy atom. The molecule has 1 fully saturated rings. The molecule has 1 aromatic rings. The standard InChI is InChI=1S/C13H15F2N/c14-12-4-3-11(9-13(12)15)8-10-2-1-6-16-7-5-10/h3-4,8-9,16H,1-2,5-7H2/b10-8-. The van der Waals surface area contributed by atoms with Crippen molar-refractivity contribution in [3.05, 3.63) is 41.0 Å². The molecule has 1 heterocycles. The van der Waals surface area contributed by atoms with Gasteiger partial charge in [0.2, 0.25) is 0 Å². The Labute approximate surface area is 94.2 Å². The molecule has 3 heteroatoms. The molecule has 0 aliphatic carbocycles. The molecular formula is C13H15F2N.